The van der Waals surface area contributed by atoms with Crippen molar-refractivity contribution in [2.75, 3.05) is 98.1 Å². The molecule has 0 aromatic carbocycles. The molecule has 0 aromatic heterocycles. The second kappa shape index (κ2) is 23.7. The zero-order chi connectivity index (χ0) is 24.6. The normalized spacial score (nSPS) is 11.6. The smallest absolute Gasteiger partial charge is 0.236 e. The van der Waals surface area contributed by atoms with Gasteiger partial charge in [0, 0.05) is 6.54 Å². The lowest BCUT2D eigenvalue weighted by Crippen LogP contribution is -2.52. The molecule has 0 aliphatic carbocycles. The van der Waals surface area contributed by atoms with Crippen molar-refractivity contribution in [3.05, 3.63) is 0 Å². The first-order chi connectivity index (χ1) is 15.9. The first kappa shape index (κ1) is 33.0. The Morgan fingerprint density at radius 3 is 1.58 bits per heavy atom. The van der Waals surface area contributed by atoms with Gasteiger partial charge in [-0.25, -0.2) is 0 Å². The Labute approximate surface area is 212 Å². The van der Waals surface area contributed by atoms with E-state index in [1.165, 1.54) is 11.8 Å². The first-order valence-electron chi connectivity index (χ1n) is 11.3. The number of nitrogens with one attached hydrogen (secondary N) is 1. The van der Waals surface area contributed by atoms with Crippen molar-refractivity contribution in [2.24, 2.45) is 0 Å². The van der Waals surface area contributed by atoms with Crippen LogP contribution in [0.15, 0.2) is 0 Å². The van der Waals surface area contributed by atoms with Crippen molar-refractivity contribution in [2.45, 2.75) is 25.5 Å². The molecule has 0 heterocycles. The first-order valence-corrected chi connectivity index (χ1v) is 13.5. The third kappa shape index (κ3) is 22.2. The molecule has 0 aromatic rings. The molecule has 0 aliphatic rings. The average molecular weight is 532 g/mol. The summed E-state index contributed by atoms with van der Waals surface area (Å²) in [6.45, 7) is 13.3. The van der Waals surface area contributed by atoms with E-state index in [9.17, 15) is 4.79 Å². The molecule has 12 heteroatoms. The van der Waals surface area contributed by atoms with Gasteiger partial charge in [-0.15, -0.1) is 11.8 Å². The van der Waals surface area contributed by atoms with Crippen molar-refractivity contribution in [3.8, 4) is 0 Å². The fraction of sp³-hybridized carbons (Fsp3) is 0.905. The Hall–Kier alpha value is -0.0200. The van der Waals surface area contributed by atoms with Crippen LogP contribution in [0.5, 0.6) is 0 Å². The Bertz CT molecular complexity index is 489. The molecule has 1 amide bonds. The minimum atomic E-state index is -0.594. The van der Waals surface area contributed by atoms with E-state index < -0.39 is 4.75 Å². The molecule has 0 aliphatic heterocycles. The highest BCUT2D eigenvalue weighted by Gasteiger charge is 2.29. The van der Waals surface area contributed by atoms with Crippen LogP contribution < -0.4 is 11.1 Å². The molecule has 9 nitrogen and oxygen atoms in total. The molecule has 196 valence electrons. The van der Waals surface area contributed by atoms with Crippen LogP contribution in [0.2, 0.25) is 0 Å². The van der Waals surface area contributed by atoms with E-state index in [-0.39, 0.29) is 5.91 Å². The van der Waals surface area contributed by atoms with Gasteiger partial charge in [0.1, 0.15) is 3.53 Å². The third-order valence-corrected chi connectivity index (χ3v) is 6.42. The molecule has 4 N–H and O–H groups in total. The van der Waals surface area contributed by atoms with Gasteiger partial charge >= 0.3 is 0 Å². The van der Waals surface area contributed by atoms with E-state index in [0.29, 0.717) is 85.8 Å². The Morgan fingerprint density at radius 2 is 1.18 bits per heavy atom. The summed E-state index contributed by atoms with van der Waals surface area (Å²) in [5.41, 5.74) is 3.70. The third-order valence-electron chi connectivity index (χ3n) is 3.83. The molecule has 0 radical (unpaired) electrons. The van der Waals surface area contributed by atoms with Crippen molar-refractivity contribution in [1.29, 1.82) is 0 Å². The van der Waals surface area contributed by atoms with Crippen molar-refractivity contribution < 1.29 is 38.9 Å². The Kier molecular flexibility index (Phi) is 23.7. The number of ether oxygens (including phenoxy) is 6. The topological polar surface area (TPSA) is 112 Å². The maximum atomic E-state index is 12.3. The van der Waals surface area contributed by atoms with Gasteiger partial charge in [0.15, 0.2) is 0 Å². The molecule has 0 saturated carbocycles. The van der Waals surface area contributed by atoms with Crippen LogP contribution in [0.1, 0.15) is 20.8 Å². The number of hydrogen-bond donors (Lipinski definition) is 2. The van der Waals surface area contributed by atoms with Crippen molar-refractivity contribution in [1.82, 2.24) is 5.32 Å². The molecule has 0 atom stereocenters. The van der Waals surface area contributed by atoms with Crippen molar-refractivity contribution >= 4 is 45.2 Å². The monoisotopic (exact) mass is 531 g/mol. The average Bonchev–Trinajstić information content (AvgIpc) is 2.77. The summed E-state index contributed by atoms with van der Waals surface area (Å²) in [5, 5.41) is 2.89. The quantitative estimate of drug-likeness (QED) is 0.146. The number of thiocarbonyl (C=S) groups is 1. The molecule has 0 bridgehead atoms. The van der Waals surface area contributed by atoms with Crippen LogP contribution in [0.3, 0.4) is 0 Å². The van der Waals surface area contributed by atoms with Crippen LogP contribution in [-0.2, 0) is 33.2 Å². The minimum absolute atomic E-state index is 0.0463. The Morgan fingerprint density at radius 1 is 0.788 bits per heavy atom. The zero-order valence-corrected chi connectivity index (χ0v) is 22.8. The highest BCUT2D eigenvalue weighted by Crippen LogP contribution is 2.30. The van der Waals surface area contributed by atoms with E-state index in [1.807, 2.05) is 20.8 Å². The molecule has 0 unspecified atom stereocenters. The standard InChI is InChI=1S/C21H42N2O7S3/c1-4-32-20(31)33-21(2,3)19(24)23-6-8-26-10-12-28-14-16-30-18-17-29-15-13-27-11-9-25-7-5-22/h4-18,22H2,1-3H3,(H,23,24)/p+1. The van der Waals surface area contributed by atoms with E-state index in [2.05, 4.69) is 11.1 Å². The lowest BCUT2D eigenvalue weighted by atomic mass is 10.2. The largest absolute Gasteiger partial charge is 0.377 e. The molecular weight excluding hydrogens is 488 g/mol. The number of rotatable bonds is 23. The summed E-state index contributed by atoms with van der Waals surface area (Å²) in [7, 11) is 0. The number of carbonyl (C=O) groups excluding carboxylic acids is 1. The minimum Gasteiger partial charge on any atom is -0.377 e. The maximum Gasteiger partial charge on any atom is 0.236 e. The summed E-state index contributed by atoms with van der Waals surface area (Å²) in [6, 6.07) is 0. The SMILES string of the molecule is CCSC(=S)SC(C)(C)C(=O)NCCOCCOCCOCCOCCOCCOCC[NH3+]. The van der Waals surface area contributed by atoms with E-state index >= 15 is 0 Å². The number of thioether (sulfide) groups is 2. The maximum absolute atomic E-state index is 12.3. The van der Waals surface area contributed by atoms with E-state index in [1.54, 1.807) is 11.8 Å². The van der Waals surface area contributed by atoms with Crippen LogP contribution >= 0.6 is 35.7 Å². The van der Waals surface area contributed by atoms with Crippen LogP contribution in [0.4, 0.5) is 0 Å². The fourth-order valence-electron chi connectivity index (χ4n) is 2.16. The molecule has 33 heavy (non-hydrogen) atoms. The fourth-order valence-corrected chi connectivity index (χ4v) is 5.17. The van der Waals surface area contributed by atoms with E-state index in [0.717, 1.165) is 15.8 Å². The van der Waals surface area contributed by atoms with Gasteiger partial charge in [0.25, 0.3) is 0 Å². The van der Waals surface area contributed by atoms with Gasteiger partial charge in [-0.2, -0.15) is 0 Å². The molecule has 0 rings (SSSR count). The van der Waals surface area contributed by atoms with Gasteiger partial charge in [-0.05, 0) is 19.6 Å². The van der Waals surface area contributed by atoms with Gasteiger partial charge in [0.2, 0.25) is 5.91 Å². The summed E-state index contributed by atoms with van der Waals surface area (Å²) in [4.78, 5) is 12.3. The highest BCUT2D eigenvalue weighted by atomic mass is 32.2. The molecule has 0 saturated heterocycles. The number of hydrogen-bond acceptors (Lipinski definition) is 10. The predicted molar refractivity (Wildman–Crippen MR) is 138 cm³/mol. The number of carbonyl (C=O) groups is 1. The van der Waals surface area contributed by atoms with Gasteiger partial charge in [-0.1, -0.05) is 30.9 Å². The lowest BCUT2D eigenvalue weighted by Gasteiger charge is -2.22. The number of quaternary nitrogens is 1. The zero-order valence-electron chi connectivity index (χ0n) is 20.4. The summed E-state index contributed by atoms with van der Waals surface area (Å²) < 4.78 is 32.6. The van der Waals surface area contributed by atoms with Crippen molar-refractivity contribution in [3.63, 3.8) is 0 Å². The molecular formula is C21H43N2O7S3+. The molecule has 0 spiro atoms. The lowest BCUT2D eigenvalue weighted by molar-refractivity contribution is -0.374. The van der Waals surface area contributed by atoms with Gasteiger partial charge < -0.3 is 39.5 Å². The van der Waals surface area contributed by atoms with E-state index in [4.69, 9.17) is 40.6 Å². The van der Waals surface area contributed by atoms with Gasteiger partial charge in [-0.3, -0.25) is 4.79 Å². The highest BCUT2D eigenvalue weighted by molar-refractivity contribution is 8.47. The number of amides is 1. The summed E-state index contributed by atoms with van der Waals surface area (Å²) >= 11 is 8.27. The second-order valence-electron chi connectivity index (χ2n) is 7.08. The van der Waals surface area contributed by atoms with Gasteiger partial charge in [0.05, 0.1) is 90.6 Å². The summed E-state index contributed by atoms with van der Waals surface area (Å²) in [5.74, 6) is 0.861. The second-order valence-corrected chi connectivity index (χ2v) is 11.2. The Balaban J connectivity index is 3.34. The van der Waals surface area contributed by atoms with Crippen LogP contribution in [0, 0.1) is 0 Å². The van der Waals surface area contributed by atoms with Crippen LogP contribution in [0.25, 0.3) is 0 Å². The summed E-state index contributed by atoms with van der Waals surface area (Å²) in [6.07, 6.45) is 0. The molecule has 0 fully saturated rings. The predicted octanol–water partition coefficient (Wildman–Crippen LogP) is 0.994. The van der Waals surface area contributed by atoms with Crippen LogP contribution in [-0.4, -0.2) is 112 Å².